The zero-order valence-electron chi connectivity index (χ0n) is 17.7. The zero-order chi connectivity index (χ0) is 23.4. The topological polar surface area (TPSA) is 99.0 Å². The van der Waals surface area contributed by atoms with Gasteiger partial charge in [0, 0.05) is 18.7 Å². The predicted molar refractivity (Wildman–Crippen MR) is 123 cm³/mol. The van der Waals surface area contributed by atoms with Crippen molar-refractivity contribution >= 4 is 46.3 Å². The van der Waals surface area contributed by atoms with E-state index in [1.165, 1.54) is 24.1 Å². The number of thioether (sulfide) groups is 1. The van der Waals surface area contributed by atoms with Crippen molar-refractivity contribution in [1.29, 1.82) is 0 Å². The lowest BCUT2D eigenvalue weighted by molar-refractivity contribution is -0.384. The number of imide groups is 1. The molecule has 0 N–H and O–H groups in total. The van der Waals surface area contributed by atoms with E-state index >= 15 is 0 Å². The highest BCUT2D eigenvalue weighted by Gasteiger charge is 2.35. The average molecular weight is 477 g/mol. The summed E-state index contributed by atoms with van der Waals surface area (Å²) in [7, 11) is 1.46. The first kappa shape index (κ1) is 23.6. The second kappa shape index (κ2) is 10.1. The Bertz CT molecular complexity index is 1080. The Hall–Kier alpha value is -3.04. The van der Waals surface area contributed by atoms with Crippen LogP contribution in [-0.2, 0) is 11.4 Å². The molecule has 2 aromatic rings. The van der Waals surface area contributed by atoms with Gasteiger partial charge in [0.2, 0.25) is 0 Å². The highest BCUT2D eigenvalue weighted by molar-refractivity contribution is 8.18. The number of carbonyl (C=O) groups excluding carboxylic acids is 2. The van der Waals surface area contributed by atoms with E-state index in [0.29, 0.717) is 28.5 Å². The van der Waals surface area contributed by atoms with E-state index in [9.17, 15) is 19.7 Å². The molecule has 0 aromatic heterocycles. The maximum absolute atomic E-state index is 12.6. The van der Waals surface area contributed by atoms with Gasteiger partial charge in [-0.05, 0) is 59.1 Å². The first-order valence-electron chi connectivity index (χ1n) is 9.68. The Balaban J connectivity index is 1.79. The SMILES string of the molecule is COc1cc(C=C2SC(=O)N(CC(C)C)C2=O)cc(Cl)c1OCc1ccc([N+](=O)[O-])cc1. The number of rotatable bonds is 8. The van der Waals surface area contributed by atoms with Crippen molar-refractivity contribution in [3.05, 3.63) is 67.6 Å². The fourth-order valence-corrected chi connectivity index (χ4v) is 4.13. The molecule has 1 heterocycles. The Morgan fingerprint density at radius 3 is 2.50 bits per heavy atom. The molecule has 10 heteroatoms. The summed E-state index contributed by atoms with van der Waals surface area (Å²) in [6.07, 6.45) is 1.60. The van der Waals surface area contributed by atoms with Crippen LogP contribution < -0.4 is 9.47 Å². The van der Waals surface area contributed by atoms with Crippen LogP contribution in [-0.4, -0.2) is 34.6 Å². The molecule has 1 aliphatic rings. The summed E-state index contributed by atoms with van der Waals surface area (Å²) >= 11 is 7.29. The van der Waals surface area contributed by atoms with Crippen LogP contribution in [0, 0.1) is 16.0 Å². The quantitative estimate of drug-likeness (QED) is 0.280. The molecule has 0 atom stereocenters. The number of halogens is 1. The molecule has 0 saturated carbocycles. The molecular formula is C22H21ClN2O6S. The Kier molecular flexibility index (Phi) is 7.42. The minimum absolute atomic E-state index is 0.00785. The molecule has 2 aromatic carbocycles. The van der Waals surface area contributed by atoms with Crippen molar-refractivity contribution in [1.82, 2.24) is 4.90 Å². The molecule has 0 spiro atoms. The standard InChI is InChI=1S/C22H21ClN2O6S/c1-13(2)11-24-21(26)19(32-22(24)27)10-15-8-17(23)20(18(9-15)30-3)31-12-14-4-6-16(7-5-14)25(28)29/h4-10,13H,11-12H2,1-3H3. The Morgan fingerprint density at radius 2 is 1.91 bits per heavy atom. The number of ether oxygens (including phenoxy) is 2. The Labute approximate surface area is 194 Å². The molecule has 0 radical (unpaired) electrons. The van der Waals surface area contributed by atoms with Crippen LogP contribution in [0.3, 0.4) is 0 Å². The van der Waals surface area contributed by atoms with Gasteiger partial charge in [-0.15, -0.1) is 0 Å². The van der Waals surface area contributed by atoms with Gasteiger partial charge in [0.25, 0.3) is 16.8 Å². The fraction of sp³-hybridized carbons (Fsp3) is 0.273. The summed E-state index contributed by atoms with van der Waals surface area (Å²) in [5.41, 5.74) is 1.30. The molecule has 1 saturated heterocycles. The van der Waals surface area contributed by atoms with Crippen molar-refractivity contribution in [3.63, 3.8) is 0 Å². The van der Waals surface area contributed by atoms with E-state index in [-0.39, 0.29) is 34.4 Å². The summed E-state index contributed by atoms with van der Waals surface area (Å²) in [5, 5.41) is 10.7. The van der Waals surface area contributed by atoms with Crippen molar-refractivity contribution in [3.8, 4) is 11.5 Å². The number of nitrogens with zero attached hydrogens (tertiary/aromatic N) is 2. The van der Waals surface area contributed by atoms with Gasteiger partial charge in [0.15, 0.2) is 11.5 Å². The summed E-state index contributed by atoms with van der Waals surface area (Å²) < 4.78 is 11.2. The maximum atomic E-state index is 12.6. The average Bonchev–Trinajstić information content (AvgIpc) is 2.99. The molecule has 1 fully saturated rings. The number of carbonyl (C=O) groups is 2. The first-order valence-corrected chi connectivity index (χ1v) is 10.9. The molecule has 168 valence electrons. The normalized spacial score (nSPS) is 15.0. The van der Waals surface area contributed by atoms with Gasteiger partial charge in [-0.2, -0.15) is 0 Å². The van der Waals surface area contributed by atoms with Gasteiger partial charge in [-0.1, -0.05) is 25.4 Å². The zero-order valence-corrected chi connectivity index (χ0v) is 19.2. The smallest absolute Gasteiger partial charge is 0.293 e. The van der Waals surface area contributed by atoms with Crippen LogP contribution in [0.15, 0.2) is 41.3 Å². The number of hydrogen-bond donors (Lipinski definition) is 0. The minimum atomic E-state index is -0.471. The van der Waals surface area contributed by atoms with Gasteiger partial charge in [-0.3, -0.25) is 24.6 Å². The van der Waals surface area contributed by atoms with Crippen LogP contribution in [0.25, 0.3) is 6.08 Å². The number of non-ortho nitro benzene ring substituents is 1. The summed E-state index contributed by atoms with van der Waals surface area (Å²) in [6, 6.07) is 9.26. The molecule has 8 nitrogen and oxygen atoms in total. The van der Waals surface area contributed by atoms with Crippen LogP contribution in [0.5, 0.6) is 11.5 Å². The van der Waals surface area contributed by atoms with Crippen LogP contribution in [0.1, 0.15) is 25.0 Å². The molecule has 0 unspecified atom stereocenters. The largest absolute Gasteiger partial charge is 0.493 e. The first-order chi connectivity index (χ1) is 15.2. The molecule has 3 rings (SSSR count). The van der Waals surface area contributed by atoms with Gasteiger partial charge in [-0.25, -0.2) is 0 Å². The number of nitro groups is 1. The van der Waals surface area contributed by atoms with Gasteiger partial charge in [0.1, 0.15) is 6.61 Å². The van der Waals surface area contributed by atoms with Crippen LogP contribution in [0.2, 0.25) is 5.02 Å². The van der Waals surface area contributed by atoms with E-state index in [2.05, 4.69) is 0 Å². The summed E-state index contributed by atoms with van der Waals surface area (Å²) in [5.74, 6) is 0.497. The summed E-state index contributed by atoms with van der Waals surface area (Å²) in [6.45, 7) is 4.36. The van der Waals surface area contributed by atoms with Gasteiger partial charge >= 0.3 is 0 Å². The van der Waals surface area contributed by atoms with E-state index in [0.717, 1.165) is 17.3 Å². The van der Waals surface area contributed by atoms with Crippen LogP contribution in [0.4, 0.5) is 10.5 Å². The molecule has 0 bridgehead atoms. The van der Waals surface area contributed by atoms with Gasteiger partial charge in [0.05, 0.1) is 22.0 Å². The lowest BCUT2D eigenvalue weighted by Crippen LogP contribution is -2.31. The lowest BCUT2D eigenvalue weighted by Gasteiger charge is -2.14. The van der Waals surface area contributed by atoms with E-state index < -0.39 is 4.92 Å². The van der Waals surface area contributed by atoms with Crippen molar-refractivity contribution in [2.75, 3.05) is 13.7 Å². The monoisotopic (exact) mass is 476 g/mol. The van der Waals surface area contributed by atoms with Crippen molar-refractivity contribution in [2.45, 2.75) is 20.5 Å². The third-order valence-corrected chi connectivity index (χ3v) is 5.69. The molecule has 1 aliphatic heterocycles. The number of hydrogen-bond acceptors (Lipinski definition) is 7. The molecule has 2 amide bonds. The highest BCUT2D eigenvalue weighted by Crippen LogP contribution is 2.39. The van der Waals surface area contributed by atoms with E-state index in [1.807, 2.05) is 13.8 Å². The van der Waals surface area contributed by atoms with Crippen LogP contribution >= 0.6 is 23.4 Å². The molecular weight excluding hydrogens is 456 g/mol. The minimum Gasteiger partial charge on any atom is -0.493 e. The number of methoxy groups -OCH3 is 1. The third-order valence-electron chi connectivity index (χ3n) is 4.50. The fourth-order valence-electron chi connectivity index (χ4n) is 3.01. The molecule has 0 aliphatic carbocycles. The predicted octanol–water partition coefficient (Wildman–Crippen LogP) is 5.53. The number of benzene rings is 2. The maximum Gasteiger partial charge on any atom is 0.293 e. The molecule has 32 heavy (non-hydrogen) atoms. The van der Waals surface area contributed by atoms with Crippen molar-refractivity contribution < 1.29 is 24.0 Å². The van der Waals surface area contributed by atoms with E-state index in [1.54, 1.807) is 30.3 Å². The number of amides is 2. The van der Waals surface area contributed by atoms with E-state index in [4.69, 9.17) is 21.1 Å². The number of nitro benzene ring substituents is 1. The summed E-state index contributed by atoms with van der Waals surface area (Å²) in [4.78, 5) is 36.6. The second-order valence-electron chi connectivity index (χ2n) is 7.43. The Morgan fingerprint density at radius 1 is 1.22 bits per heavy atom. The van der Waals surface area contributed by atoms with Crippen molar-refractivity contribution in [2.24, 2.45) is 5.92 Å². The lowest BCUT2D eigenvalue weighted by atomic mass is 10.1. The third kappa shape index (κ3) is 5.41. The second-order valence-corrected chi connectivity index (χ2v) is 8.83. The highest BCUT2D eigenvalue weighted by atomic mass is 35.5. The van der Waals surface area contributed by atoms with Gasteiger partial charge < -0.3 is 9.47 Å².